The van der Waals surface area contributed by atoms with E-state index in [1.807, 2.05) is 0 Å². The van der Waals surface area contributed by atoms with E-state index in [9.17, 15) is 9.59 Å². The number of nitrogens with two attached hydrogens (primary N) is 1. The van der Waals surface area contributed by atoms with Crippen molar-refractivity contribution in [3.63, 3.8) is 0 Å². The molecule has 0 bridgehead atoms. The molecule has 0 aromatic carbocycles. The highest BCUT2D eigenvalue weighted by molar-refractivity contribution is 5.83. The Morgan fingerprint density at radius 1 is 1.60 bits per heavy atom. The summed E-state index contributed by atoms with van der Waals surface area (Å²) in [4.78, 5) is 23.9. The van der Waals surface area contributed by atoms with Gasteiger partial charge >= 0.3 is 6.03 Å². The van der Waals surface area contributed by atoms with E-state index in [0.29, 0.717) is 0 Å². The largest absolute Gasteiger partial charge is 0.368 e. The van der Waals surface area contributed by atoms with Gasteiger partial charge in [0.05, 0.1) is 0 Å². The van der Waals surface area contributed by atoms with Crippen LogP contribution in [0.2, 0.25) is 0 Å². The number of nitrogens with zero attached hydrogens (tertiary/aromatic N) is 1. The molecular weight excluding hydrogens is 196 g/mol. The van der Waals surface area contributed by atoms with Crippen LogP contribution in [0.5, 0.6) is 0 Å². The zero-order valence-corrected chi connectivity index (χ0v) is 8.95. The molecule has 1 aliphatic rings. The van der Waals surface area contributed by atoms with E-state index >= 15 is 0 Å². The molecule has 1 unspecified atom stereocenters. The van der Waals surface area contributed by atoms with Crippen LogP contribution >= 0.6 is 0 Å². The molecule has 86 valence electrons. The van der Waals surface area contributed by atoms with Crippen molar-refractivity contribution in [3.8, 4) is 0 Å². The molecule has 0 saturated carbocycles. The quantitative estimate of drug-likeness (QED) is 0.555. The normalized spacial score (nSPS) is 20.7. The highest BCUT2D eigenvalue weighted by Crippen LogP contribution is 2.09. The average Bonchev–Trinajstić information content (AvgIpc) is 2.26. The second-order valence-corrected chi connectivity index (χ2v) is 3.65. The van der Waals surface area contributed by atoms with Crippen molar-refractivity contribution < 1.29 is 9.59 Å². The molecule has 1 aliphatic heterocycles. The molecule has 15 heavy (non-hydrogen) atoms. The Balaban J connectivity index is 2.60. The van der Waals surface area contributed by atoms with Crippen LogP contribution in [0.15, 0.2) is 0 Å². The monoisotopic (exact) mass is 214 g/mol. The Bertz CT molecular complexity index is 238. The van der Waals surface area contributed by atoms with Crippen LogP contribution in [0.25, 0.3) is 0 Å². The van der Waals surface area contributed by atoms with Gasteiger partial charge in [-0.05, 0) is 19.4 Å². The molecule has 1 atom stereocenters. The molecule has 0 aromatic heterocycles. The van der Waals surface area contributed by atoms with Crippen LogP contribution in [0.3, 0.4) is 0 Å². The highest BCUT2D eigenvalue weighted by atomic mass is 16.2. The van der Waals surface area contributed by atoms with Gasteiger partial charge in [-0.2, -0.15) is 0 Å². The van der Waals surface area contributed by atoms with Gasteiger partial charge in [0, 0.05) is 19.6 Å². The van der Waals surface area contributed by atoms with E-state index < -0.39 is 5.91 Å². The minimum Gasteiger partial charge on any atom is -0.368 e. The lowest BCUT2D eigenvalue weighted by Crippen LogP contribution is -2.53. The van der Waals surface area contributed by atoms with E-state index in [4.69, 9.17) is 5.73 Å². The number of carbonyl (C=O) groups excluding carboxylic acids is 2. The molecule has 4 N–H and O–H groups in total. The standard InChI is InChI=1S/C9H18N4O2/c1-11-9(15)13(6-8(10)14)7-3-2-4-12-5-7/h7,12H,2-6H2,1H3,(H2,10,14)(H,11,15). The first kappa shape index (κ1) is 11.8. The fourth-order valence-electron chi connectivity index (χ4n) is 1.78. The maximum atomic E-state index is 11.5. The van der Waals surface area contributed by atoms with E-state index in [0.717, 1.165) is 25.9 Å². The summed E-state index contributed by atoms with van der Waals surface area (Å²) in [7, 11) is 1.55. The van der Waals surface area contributed by atoms with Crippen LogP contribution in [-0.2, 0) is 4.79 Å². The van der Waals surface area contributed by atoms with Gasteiger partial charge in [0.1, 0.15) is 6.54 Å². The number of primary amides is 1. The molecule has 0 aromatic rings. The van der Waals surface area contributed by atoms with Gasteiger partial charge in [-0.25, -0.2) is 4.79 Å². The lowest BCUT2D eigenvalue weighted by Gasteiger charge is -2.33. The van der Waals surface area contributed by atoms with E-state index in [-0.39, 0.29) is 18.6 Å². The van der Waals surface area contributed by atoms with Crippen molar-refractivity contribution in [2.75, 3.05) is 26.7 Å². The molecule has 1 heterocycles. The Hall–Kier alpha value is -1.30. The number of carbonyl (C=O) groups is 2. The van der Waals surface area contributed by atoms with Gasteiger partial charge in [0.2, 0.25) is 5.91 Å². The zero-order chi connectivity index (χ0) is 11.3. The van der Waals surface area contributed by atoms with Crippen molar-refractivity contribution in [2.45, 2.75) is 18.9 Å². The third-order valence-corrected chi connectivity index (χ3v) is 2.51. The van der Waals surface area contributed by atoms with Crippen LogP contribution < -0.4 is 16.4 Å². The van der Waals surface area contributed by atoms with Gasteiger partial charge < -0.3 is 21.3 Å². The molecule has 1 rings (SSSR count). The van der Waals surface area contributed by atoms with Gasteiger partial charge in [-0.1, -0.05) is 0 Å². The summed E-state index contributed by atoms with van der Waals surface area (Å²) in [6, 6.07) is -0.186. The number of urea groups is 1. The van der Waals surface area contributed by atoms with Gasteiger partial charge in [-0.15, -0.1) is 0 Å². The maximum Gasteiger partial charge on any atom is 0.317 e. The Kier molecular flexibility index (Phi) is 4.36. The summed E-state index contributed by atoms with van der Waals surface area (Å²) < 4.78 is 0. The number of hydrogen-bond donors (Lipinski definition) is 3. The van der Waals surface area contributed by atoms with E-state index in [2.05, 4.69) is 10.6 Å². The predicted octanol–water partition coefficient (Wildman–Crippen LogP) is -1.13. The molecule has 1 saturated heterocycles. The predicted molar refractivity (Wildman–Crippen MR) is 56.2 cm³/mol. The van der Waals surface area contributed by atoms with Crippen LogP contribution in [-0.4, -0.2) is 49.6 Å². The summed E-state index contributed by atoms with van der Waals surface area (Å²) in [5.41, 5.74) is 5.11. The van der Waals surface area contributed by atoms with Gasteiger partial charge in [0.15, 0.2) is 0 Å². The molecule has 3 amide bonds. The Morgan fingerprint density at radius 2 is 2.33 bits per heavy atom. The van der Waals surface area contributed by atoms with Crippen molar-refractivity contribution in [1.82, 2.24) is 15.5 Å². The molecule has 6 nitrogen and oxygen atoms in total. The van der Waals surface area contributed by atoms with Crippen LogP contribution in [0.4, 0.5) is 4.79 Å². The number of rotatable bonds is 3. The first-order chi connectivity index (χ1) is 7.15. The van der Waals surface area contributed by atoms with Crippen molar-refractivity contribution in [1.29, 1.82) is 0 Å². The lowest BCUT2D eigenvalue weighted by atomic mass is 10.1. The van der Waals surface area contributed by atoms with Crippen molar-refractivity contribution in [3.05, 3.63) is 0 Å². The molecular formula is C9H18N4O2. The minimum atomic E-state index is -0.482. The molecule has 0 radical (unpaired) electrons. The number of hydrogen-bond acceptors (Lipinski definition) is 3. The summed E-state index contributed by atoms with van der Waals surface area (Å²) in [5.74, 6) is -0.482. The number of piperidine rings is 1. The fourth-order valence-corrected chi connectivity index (χ4v) is 1.78. The number of nitrogens with one attached hydrogen (secondary N) is 2. The molecule has 0 spiro atoms. The second-order valence-electron chi connectivity index (χ2n) is 3.65. The van der Waals surface area contributed by atoms with Crippen LogP contribution in [0, 0.1) is 0 Å². The molecule has 1 fully saturated rings. The number of amides is 3. The van der Waals surface area contributed by atoms with E-state index in [1.165, 1.54) is 4.90 Å². The van der Waals surface area contributed by atoms with Crippen molar-refractivity contribution >= 4 is 11.9 Å². The van der Waals surface area contributed by atoms with Gasteiger partial charge in [-0.3, -0.25) is 4.79 Å². The maximum absolute atomic E-state index is 11.5. The Morgan fingerprint density at radius 3 is 2.80 bits per heavy atom. The molecule has 0 aliphatic carbocycles. The smallest absolute Gasteiger partial charge is 0.317 e. The first-order valence-corrected chi connectivity index (χ1v) is 5.12. The third-order valence-electron chi connectivity index (χ3n) is 2.51. The van der Waals surface area contributed by atoms with Crippen molar-refractivity contribution in [2.24, 2.45) is 5.73 Å². The summed E-state index contributed by atoms with van der Waals surface area (Å²) >= 11 is 0. The van der Waals surface area contributed by atoms with Crippen LogP contribution in [0.1, 0.15) is 12.8 Å². The SMILES string of the molecule is CNC(=O)N(CC(N)=O)C1CCCNC1. The van der Waals surface area contributed by atoms with E-state index in [1.54, 1.807) is 7.05 Å². The second kappa shape index (κ2) is 5.55. The highest BCUT2D eigenvalue weighted by Gasteiger charge is 2.25. The summed E-state index contributed by atoms with van der Waals surface area (Å²) in [5, 5.41) is 5.71. The van der Waals surface area contributed by atoms with Gasteiger partial charge in [0.25, 0.3) is 0 Å². The fraction of sp³-hybridized carbons (Fsp3) is 0.778. The molecule has 6 heteroatoms. The lowest BCUT2D eigenvalue weighted by molar-refractivity contribution is -0.119. The summed E-state index contributed by atoms with van der Waals surface area (Å²) in [6.45, 7) is 1.67. The summed E-state index contributed by atoms with van der Waals surface area (Å²) in [6.07, 6.45) is 1.92. The Labute approximate surface area is 89.2 Å². The zero-order valence-electron chi connectivity index (χ0n) is 8.95. The topological polar surface area (TPSA) is 87.5 Å². The minimum absolute atomic E-state index is 0.0218. The average molecular weight is 214 g/mol. The first-order valence-electron chi connectivity index (χ1n) is 5.12. The third kappa shape index (κ3) is 3.39.